The molecule has 6 heteroatoms. The van der Waals surface area contributed by atoms with Gasteiger partial charge in [-0.25, -0.2) is 4.79 Å². The summed E-state index contributed by atoms with van der Waals surface area (Å²) in [6.07, 6.45) is 5.64. The molecule has 0 spiro atoms. The quantitative estimate of drug-likeness (QED) is 0.221. The molecule has 0 aliphatic heterocycles. The van der Waals surface area contributed by atoms with E-state index in [-0.39, 0.29) is 6.61 Å². The monoisotopic (exact) mass is 514 g/mol. The minimum Gasteiger partial charge on any atom is -0.490 e. The molecule has 0 atom stereocenters. The van der Waals surface area contributed by atoms with E-state index in [1.54, 1.807) is 36.7 Å². The van der Waals surface area contributed by atoms with Gasteiger partial charge in [-0.15, -0.1) is 0 Å². The Labute approximate surface area is 226 Å². The van der Waals surface area contributed by atoms with Crippen molar-refractivity contribution in [3.63, 3.8) is 0 Å². The third-order valence-electron chi connectivity index (χ3n) is 6.04. The van der Waals surface area contributed by atoms with E-state index in [4.69, 9.17) is 14.6 Å². The topological polar surface area (TPSA) is 81.5 Å². The van der Waals surface area contributed by atoms with Gasteiger partial charge in [-0.1, -0.05) is 60.7 Å². The van der Waals surface area contributed by atoms with Crippen LogP contribution < -0.4 is 9.47 Å². The van der Waals surface area contributed by atoms with E-state index in [9.17, 15) is 4.79 Å². The van der Waals surface area contributed by atoms with Crippen LogP contribution in [0.5, 0.6) is 11.5 Å². The first kappa shape index (κ1) is 25.4. The van der Waals surface area contributed by atoms with Crippen LogP contribution in [-0.4, -0.2) is 34.3 Å². The van der Waals surface area contributed by atoms with E-state index < -0.39 is 5.97 Å². The third-order valence-corrected chi connectivity index (χ3v) is 6.04. The van der Waals surface area contributed by atoms with E-state index in [1.807, 2.05) is 36.4 Å². The maximum absolute atomic E-state index is 10.7. The molecule has 0 unspecified atom stereocenters. The van der Waals surface area contributed by atoms with Crippen molar-refractivity contribution in [3.8, 4) is 34.0 Å². The van der Waals surface area contributed by atoms with E-state index in [0.717, 1.165) is 39.2 Å². The van der Waals surface area contributed by atoms with Crippen molar-refractivity contribution in [3.05, 3.63) is 139 Å². The van der Waals surface area contributed by atoms with Crippen molar-refractivity contribution in [2.24, 2.45) is 0 Å². The van der Waals surface area contributed by atoms with Gasteiger partial charge in [-0.05, 0) is 71.3 Å². The first-order valence-electron chi connectivity index (χ1n) is 12.5. The van der Waals surface area contributed by atoms with Gasteiger partial charge in [0, 0.05) is 23.5 Å². The summed E-state index contributed by atoms with van der Waals surface area (Å²) in [5.74, 6) is 0.111. The molecule has 0 amide bonds. The maximum atomic E-state index is 10.7. The van der Waals surface area contributed by atoms with Crippen LogP contribution in [0, 0.1) is 0 Å². The number of carboxylic acids is 1. The summed E-state index contributed by atoms with van der Waals surface area (Å²) in [5.41, 5.74) is 7.09. The summed E-state index contributed by atoms with van der Waals surface area (Å²) >= 11 is 0. The molecular weight excluding hydrogens is 488 g/mol. The van der Waals surface area contributed by atoms with Crippen molar-refractivity contribution in [2.45, 2.75) is 0 Å². The normalized spacial score (nSPS) is 10.5. The van der Waals surface area contributed by atoms with Gasteiger partial charge < -0.3 is 14.6 Å². The number of hydrogen-bond acceptors (Lipinski definition) is 5. The molecule has 39 heavy (non-hydrogen) atoms. The zero-order valence-electron chi connectivity index (χ0n) is 21.1. The van der Waals surface area contributed by atoms with Gasteiger partial charge in [-0.3, -0.25) is 9.97 Å². The fourth-order valence-electron chi connectivity index (χ4n) is 4.11. The van der Waals surface area contributed by atoms with E-state index in [1.165, 1.54) is 0 Å². The molecule has 2 heterocycles. The summed E-state index contributed by atoms with van der Waals surface area (Å²) in [6, 6.07) is 35.3. The summed E-state index contributed by atoms with van der Waals surface area (Å²) < 4.78 is 11.2. The van der Waals surface area contributed by atoms with Gasteiger partial charge in [0.25, 0.3) is 0 Å². The van der Waals surface area contributed by atoms with E-state index >= 15 is 0 Å². The number of aliphatic carboxylic acids is 1. The number of rotatable bonds is 10. The van der Waals surface area contributed by atoms with Crippen molar-refractivity contribution < 1.29 is 19.4 Å². The van der Waals surface area contributed by atoms with Gasteiger partial charge in [0.05, 0.1) is 11.4 Å². The third kappa shape index (κ3) is 6.76. The molecule has 0 saturated heterocycles. The molecule has 192 valence electrons. The van der Waals surface area contributed by atoms with Crippen LogP contribution in [0.3, 0.4) is 0 Å². The first-order valence-corrected chi connectivity index (χ1v) is 12.5. The summed E-state index contributed by atoms with van der Waals surface area (Å²) in [6.45, 7) is -0.0425. The van der Waals surface area contributed by atoms with Crippen molar-refractivity contribution in [2.75, 3.05) is 13.2 Å². The minimum atomic E-state index is -1.02. The van der Waals surface area contributed by atoms with E-state index in [2.05, 4.69) is 64.6 Å². The maximum Gasteiger partial charge on any atom is 0.341 e. The van der Waals surface area contributed by atoms with Crippen molar-refractivity contribution in [1.29, 1.82) is 0 Å². The zero-order chi connectivity index (χ0) is 26.9. The Morgan fingerprint density at radius 1 is 0.641 bits per heavy atom. The number of nitrogens with zero attached hydrogens (tertiary/aromatic N) is 2. The van der Waals surface area contributed by atoms with Crippen molar-refractivity contribution in [1.82, 2.24) is 9.97 Å². The second kappa shape index (κ2) is 12.3. The lowest BCUT2D eigenvalue weighted by Gasteiger charge is -2.12. The second-order valence-corrected chi connectivity index (χ2v) is 8.67. The van der Waals surface area contributed by atoms with E-state index in [0.29, 0.717) is 18.1 Å². The summed E-state index contributed by atoms with van der Waals surface area (Å²) in [4.78, 5) is 19.6. The van der Waals surface area contributed by atoms with Crippen LogP contribution in [0.25, 0.3) is 28.1 Å². The highest BCUT2D eigenvalue weighted by atomic mass is 16.5. The van der Waals surface area contributed by atoms with Crippen LogP contribution in [0.1, 0.15) is 11.1 Å². The lowest BCUT2D eigenvalue weighted by molar-refractivity contribution is -0.139. The largest absolute Gasteiger partial charge is 0.490 e. The predicted molar refractivity (Wildman–Crippen MR) is 151 cm³/mol. The van der Waals surface area contributed by atoms with Crippen molar-refractivity contribution >= 4 is 11.5 Å². The number of pyridine rings is 2. The zero-order valence-corrected chi connectivity index (χ0v) is 21.1. The number of carboxylic acid groups (broad SMARTS) is 1. The number of aromatic nitrogens is 2. The molecule has 1 N–H and O–H groups in total. The van der Waals surface area contributed by atoms with Crippen LogP contribution in [0.15, 0.2) is 128 Å². The molecule has 0 aliphatic rings. The average Bonchev–Trinajstić information content (AvgIpc) is 3.00. The number of hydrogen-bond donors (Lipinski definition) is 1. The van der Waals surface area contributed by atoms with Crippen LogP contribution in [-0.2, 0) is 4.79 Å². The molecule has 0 radical (unpaired) electrons. The molecule has 0 bridgehead atoms. The number of carbonyl (C=O) groups is 1. The van der Waals surface area contributed by atoms with Gasteiger partial charge >= 0.3 is 5.97 Å². The molecule has 0 aliphatic carbocycles. The molecule has 0 saturated carbocycles. The Morgan fingerprint density at radius 2 is 1.13 bits per heavy atom. The average molecular weight is 515 g/mol. The number of benzene rings is 3. The summed E-state index contributed by atoms with van der Waals surface area (Å²) in [7, 11) is 0. The van der Waals surface area contributed by atoms with Crippen LogP contribution in [0.2, 0.25) is 0 Å². The van der Waals surface area contributed by atoms with Gasteiger partial charge in [0.15, 0.2) is 6.61 Å². The molecule has 0 fully saturated rings. The van der Waals surface area contributed by atoms with Gasteiger partial charge in [-0.2, -0.15) is 0 Å². The highest BCUT2D eigenvalue weighted by Gasteiger charge is 2.08. The first-order chi connectivity index (χ1) is 19.2. The Kier molecular flexibility index (Phi) is 8.04. The Morgan fingerprint density at radius 3 is 1.56 bits per heavy atom. The molecule has 5 rings (SSSR count). The molecule has 3 aromatic carbocycles. The smallest absolute Gasteiger partial charge is 0.341 e. The van der Waals surface area contributed by atoms with Gasteiger partial charge in [0.1, 0.15) is 18.1 Å². The molecule has 5 aromatic rings. The highest BCUT2D eigenvalue weighted by Crippen LogP contribution is 2.28. The lowest BCUT2D eigenvalue weighted by Crippen LogP contribution is -2.09. The molecular formula is C33H26N2O4. The standard InChI is InChI=1S/C33H26N2O4/c36-33(37)23-39-29-17-15-28(16-18-29)38-22-19-30(24-7-11-26(12-8-24)31-5-1-3-20-34-31)25-9-13-27(14-10-25)32-6-2-4-21-35-32/h1-21H,22-23H2,(H,36,37). The van der Waals surface area contributed by atoms with Crippen LogP contribution >= 0.6 is 0 Å². The fourth-order valence-corrected chi connectivity index (χ4v) is 4.11. The minimum absolute atomic E-state index is 0.342. The Bertz CT molecular complexity index is 1450. The SMILES string of the molecule is O=C(O)COc1ccc(OCC=C(c2ccc(-c3ccccn3)cc2)c2ccc(-c3ccccn3)cc2)cc1. The van der Waals surface area contributed by atoms with Gasteiger partial charge in [0.2, 0.25) is 0 Å². The predicted octanol–water partition coefficient (Wildman–Crippen LogP) is 6.78. The molecule has 2 aromatic heterocycles. The Balaban J connectivity index is 1.38. The second-order valence-electron chi connectivity index (χ2n) is 8.67. The number of ether oxygens (including phenoxy) is 2. The highest BCUT2D eigenvalue weighted by molar-refractivity contribution is 5.82. The lowest BCUT2D eigenvalue weighted by atomic mass is 9.95. The Hall–Kier alpha value is -5.23. The molecule has 6 nitrogen and oxygen atoms in total. The van der Waals surface area contributed by atoms with Crippen LogP contribution in [0.4, 0.5) is 0 Å². The summed E-state index contributed by atoms with van der Waals surface area (Å²) in [5, 5.41) is 8.77. The fraction of sp³-hybridized carbons (Fsp3) is 0.0606.